The van der Waals surface area contributed by atoms with E-state index in [1.807, 2.05) is 0 Å². The topological polar surface area (TPSA) is 47.6 Å². The van der Waals surface area contributed by atoms with Gasteiger partial charge in [-0.25, -0.2) is 4.79 Å². The number of ether oxygens (including phenoxy) is 2. The van der Waals surface area contributed by atoms with Crippen LogP contribution >= 0.6 is 0 Å². The third-order valence-electron chi connectivity index (χ3n) is 1.76. The Morgan fingerprint density at radius 2 is 2.20 bits per heavy atom. The second-order valence-corrected chi connectivity index (χ2v) is 3.13. The average Bonchev–Trinajstić information content (AvgIpc) is 2.26. The molecule has 0 amide bonds. The molecule has 0 radical (unpaired) electrons. The molecular formula is C11H21NO3. The summed E-state index contributed by atoms with van der Waals surface area (Å²) in [5, 5.41) is 3.10. The molecule has 0 saturated carbocycles. The van der Waals surface area contributed by atoms with Crippen LogP contribution in [0.4, 0.5) is 0 Å². The van der Waals surface area contributed by atoms with Crippen molar-refractivity contribution in [2.75, 3.05) is 26.5 Å². The summed E-state index contributed by atoms with van der Waals surface area (Å²) in [5.41, 5.74) is 0. The SMILES string of the molecule is C=CC(=O)OCCCNCOCCCC. The number of carbonyl (C=O) groups is 1. The van der Waals surface area contributed by atoms with Gasteiger partial charge in [-0.2, -0.15) is 0 Å². The molecule has 0 aromatic heterocycles. The first kappa shape index (κ1) is 14.1. The van der Waals surface area contributed by atoms with Gasteiger partial charge in [-0.3, -0.25) is 5.32 Å². The molecule has 0 unspecified atom stereocenters. The molecule has 0 spiro atoms. The van der Waals surface area contributed by atoms with Crippen LogP contribution in [0.1, 0.15) is 26.2 Å². The maximum absolute atomic E-state index is 10.6. The maximum atomic E-state index is 10.6. The molecule has 0 aliphatic rings. The van der Waals surface area contributed by atoms with E-state index in [9.17, 15) is 4.79 Å². The molecule has 0 heterocycles. The van der Waals surface area contributed by atoms with Crippen molar-refractivity contribution >= 4 is 5.97 Å². The Morgan fingerprint density at radius 1 is 1.40 bits per heavy atom. The minimum Gasteiger partial charge on any atom is -0.462 e. The van der Waals surface area contributed by atoms with Crippen LogP contribution in [0, 0.1) is 0 Å². The van der Waals surface area contributed by atoms with Crippen LogP contribution in [-0.2, 0) is 14.3 Å². The van der Waals surface area contributed by atoms with Gasteiger partial charge in [0.05, 0.1) is 13.3 Å². The zero-order valence-corrected chi connectivity index (χ0v) is 9.46. The summed E-state index contributed by atoms with van der Waals surface area (Å²) in [6.45, 7) is 8.01. The van der Waals surface area contributed by atoms with Crippen molar-refractivity contribution in [2.24, 2.45) is 0 Å². The van der Waals surface area contributed by atoms with Gasteiger partial charge in [-0.1, -0.05) is 19.9 Å². The minimum absolute atomic E-state index is 0.366. The van der Waals surface area contributed by atoms with E-state index in [4.69, 9.17) is 9.47 Å². The van der Waals surface area contributed by atoms with Crippen molar-refractivity contribution in [2.45, 2.75) is 26.2 Å². The van der Waals surface area contributed by atoms with Gasteiger partial charge in [0.15, 0.2) is 0 Å². The number of unbranched alkanes of at least 4 members (excludes halogenated alkanes) is 1. The number of hydrogen-bond acceptors (Lipinski definition) is 4. The van der Waals surface area contributed by atoms with Crippen LogP contribution in [-0.4, -0.2) is 32.5 Å². The van der Waals surface area contributed by atoms with E-state index in [0.29, 0.717) is 13.3 Å². The highest BCUT2D eigenvalue weighted by molar-refractivity contribution is 5.81. The van der Waals surface area contributed by atoms with Gasteiger partial charge in [0.1, 0.15) is 0 Å². The van der Waals surface area contributed by atoms with Crippen LogP contribution in [0.5, 0.6) is 0 Å². The summed E-state index contributed by atoms with van der Waals surface area (Å²) in [5.74, 6) is -0.366. The Hall–Kier alpha value is -0.870. The van der Waals surface area contributed by atoms with E-state index in [1.165, 1.54) is 6.08 Å². The van der Waals surface area contributed by atoms with Crippen molar-refractivity contribution in [3.8, 4) is 0 Å². The van der Waals surface area contributed by atoms with Crippen molar-refractivity contribution in [3.63, 3.8) is 0 Å². The second kappa shape index (κ2) is 11.2. The van der Waals surface area contributed by atoms with Gasteiger partial charge in [-0.05, 0) is 12.8 Å². The van der Waals surface area contributed by atoms with Crippen LogP contribution in [0.2, 0.25) is 0 Å². The van der Waals surface area contributed by atoms with E-state index in [-0.39, 0.29) is 5.97 Å². The highest BCUT2D eigenvalue weighted by Crippen LogP contribution is 1.87. The first-order chi connectivity index (χ1) is 7.31. The number of rotatable bonds is 10. The lowest BCUT2D eigenvalue weighted by Gasteiger charge is -2.05. The van der Waals surface area contributed by atoms with Crippen LogP contribution in [0.25, 0.3) is 0 Å². The summed E-state index contributed by atoms with van der Waals surface area (Å²) in [6, 6.07) is 0. The summed E-state index contributed by atoms with van der Waals surface area (Å²) in [4.78, 5) is 10.6. The fourth-order valence-electron chi connectivity index (χ4n) is 0.892. The van der Waals surface area contributed by atoms with Crippen LogP contribution in [0.15, 0.2) is 12.7 Å². The molecule has 4 nitrogen and oxygen atoms in total. The summed E-state index contributed by atoms with van der Waals surface area (Å²) in [7, 11) is 0. The highest BCUT2D eigenvalue weighted by Gasteiger charge is 1.94. The molecule has 0 aliphatic carbocycles. The van der Waals surface area contributed by atoms with Gasteiger partial charge < -0.3 is 9.47 Å². The normalized spacial score (nSPS) is 9.93. The minimum atomic E-state index is -0.366. The molecule has 88 valence electrons. The first-order valence-corrected chi connectivity index (χ1v) is 5.39. The van der Waals surface area contributed by atoms with Crippen LogP contribution in [0.3, 0.4) is 0 Å². The molecule has 0 fully saturated rings. The van der Waals surface area contributed by atoms with Gasteiger partial charge in [0.25, 0.3) is 0 Å². The predicted molar refractivity (Wildman–Crippen MR) is 59.5 cm³/mol. The van der Waals surface area contributed by atoms with E-state index < -0.39 is 0 Å². The van der Waals surface area contributed by atoms with E-state index >= 15 is 0 Å². The zero-order valence-electron chi connectivity index (χ0n) is 9.46. The molecule has 0 saturated heterocycles. The first-order valence-electron chi connectivity index (χ1n) is 5.39. The lowest BCUT2D eigenvalue weighted by Crippen LogP contribution is -2.21. The third kappa shape index (κ3) is 11.1. The van der Waals surface area contributed by atoms with Gasteiger partial charge in [0, 0.05) is 19.2 Å². The Morgan fingerprint density at radius 3 is 2.87 bits per heavy atom. The zero-order chi connectivity index (χ0) is 11.4. The summed E-state index contributed by atoms with van der Waals surface area (Å²) >= 11 is 0. The van der Waals surface area contributed by atoms with E-state index in [2.05, 4.69) is 18.8 Å². The highest BCUT2D eigenvalue weighted by atomic mass is 16.5. The molecule has 0 aliphatic heterocycles. The molecular weight excluding hydrogens is 194 g/mol. The molecule has 0 aromatic carbocycles. The Kier molecular flexibility index (Phi) is 10.6. The Labute approximate surface area is 91.6 Å². The fraction of sp³-hybridized carbons (Fsp3) is 0.727. The van der Waals surface area contributed by atoms with Crippen LogP contribution < -0.4 is 5.32 Å². The lowest BCUT2D eigenvalue weighted by molar-refractivity contribution is -0.137. The number of carbonyl (C=O) groups excluding carboxylic acids is 1. The smallest absolute Gasteiger partial charge is 0.330 e. The largest absolute Gasteiger partial charge is 0.462 e. The van der Waals surface area contributed by atoms with Gasteiger partial charge in [-0.15, -0.1) is 0 Å². The summed E-state index contributed by atoms with van der Waals surface area (Å²) in [6.07, 6.45) is 4.20. The standard InChI is InChI=1S/C11H21NO3/c1-3-5-8-14-10-12-7-6-9-15-11(13)4-2/h4,12H,2-3,5-10H2,1H3. The van der Waals surface area contributed by atoms with Crippen molar-refractivity contribution < 1.29 is 14.3 Å². The van der Waals surface area contributed by atoms with E-state index in [1.54, 1.807) is 0 Å². The Balaban J connectivity index is 2.98. The number of hydrogen-bond donors (Lipinski definition) is 1. The molecule has 0 atom stereocenters. The third-order valence-corrected chi connectivity index (χ3v) is 1.76. The molecule has 15 heavy (non-hydrogen) atoms. The fourth-order valence-corrected chi connectivity index (χ4v) is 0.892. The summed E-state index contributed by atoms with van der Waals surface area (Å²) < 4.78 is 10.1. The van der Waals surface area contributed by atoms with Crippen molar-refractivity contribution in [1.29, 1.82) is 0 Å². The average molecular weight is 215 g/mol. The second-order valence-electron chi connectivity index (χ2n) is 3.13. The molecule has 1 N–H and O–H groups in total. The van der Waals surface area contributed by atoms with Crippen molar-refractivity contribution in [3.05, 3.63) is 12.7 Å². The molecule has 4 heteroatoms. The van der Waals surface area contributed by atoms with E-state index in [0.717, 1.165) is 32.4 Å². The number of esters is 1. The Bertz CT molecular complexity index is 171. The quantitative estimate of drug-likeness (QED) is 0.259. The van der Waals surface area contributed by atoms with Gasteiger partial charge >= 0.3 is 5.97 Å². The predicted octanol–water partition coefficient (Wildman–Crippen LogP) is 1.47. The molecule has 0 rings (SSSR count). The molecule has 0 bridgehead atoms. The van der Waals surface area contributed by atoms with Gasteiger partial charge in [0.2, 0.25) is 0 Å². The van der Waals surface area contributed by atoms with Crippen molar-refractivity contribution in [1.82, 2.24) is 5.32 Å². The monoisotopic (exact) mass is 215 g/mol. The lowest BCUT2D eigenvalue weighted by atomic mass is 10.4. The number of nitrogens with one attached hydrogen (secondary N) is 1. The maximum Gasteiger partial charge on any atom is 0.330 e. The molecule has 0 aromatic rings.